The first kappa shape index (κ1) is 15.6. The third-order valence-electron chi connectivity index (χ3n) is 2.86. The molecule has 6 nitrogen and oxygen atoms in total. The van der Waals surface area contributed by atoms with Gasteiger partial charge >= 0.3 is 0 Å². The zero-order valence-electron chi connectivity index (χ0n) is 12.2. The highest BCUT2D eigenvalue weighted by Gasteiger charge is 2.16. The number of halogens is 1. The molecule has 0 saturated carbocycles. The number of likely N-dealkylation sites (N-methyl/N-ethyl adjacent to an activating group) is 1. The first-order chi connectivity index (χ1) is 10.5. The second kappa shape index (κ2) is 6.75. The lowest BCUT2D eigenvalue weighted by molar-refractivity contribution is -0.116. The summed E-state index contributed by atoms with van der Waals surface area (Å²) in [7, 11) is 1.49. The number of hydrogen-bond donors (Lipinski definition) is 1. The van der Waals surface area contributed by atoms with E-state index in [1.807, 2.05) is 0 Å². The lowest BCUT2D eigenvalue weighted by Crippen LogP contribution is -2.35. The minimum atomic E-state index is -0.401. The molecule has 0 aliphatic heterocycles. The Labute approximate surface area is 127 Å². The fraction of sp³-hybridized carbons (Fsp3) is 0.200. The van der Waals surface area contributed by atoms with Crippen LogP contribution in [0.3, 0.4) is 0 Å². The predicted octanol–water partition coefficient (Wildman–Crippen LogP) is 1.63. The highest BCUT2D eigenvalue weighted by Crippen LogP contribution is 2.08. The highest BCUT2D eigenvalue weighted by atomic mass is 19.1. The zero-order valence-corrected chi connectivity index (χ0v) is 12.2. The van der Waals surface area contributed by atoms with Gasteiger partial charge in [-0.1, -0.05) is 0 Å². The lowest BCUT2D eigenvalue weighted by Gasteiger charge is -2.16. The molecule has 22 heavy (non-hydrogen) atoms. The van der Waals surface area contributed by atoms with Crippen molar-refractivity contribution in [3.8, 4) is 0 Å². The molecule has 2 amide bonds. The zero-order chi connectivity index (χ0) is 16.1. The number of nitrogens with zero attached hydrogens (tertiary/aromatic N) is 3. The molecule has 1 aromatic heterocycles. The van der Waals surface area contributed by atoms with Crippen molar-refractivity contribution in [1.29, 1.82) is 0 Å². The van der Waals surface area contributed by atoms with E-state index in [1.165, 1.54) is 48.6 Å². The highest BCUT2D eigenvalue weighted by molar-refractivity contribution is 5.98. The van der Waals surface area contributed by atoms with Crippen molar-refractivity contribution in [2.45, 2.75) is 6.92 Å². The van der Waals surface area contributed by atoms with Gasteiger partial charge in [-0.3, -0.25) is 14.6 Å². The van der Waals surface area contributed by atoms with Gasteiger partial charge in [0.1, 0.15) is 11.5 Å². The number of aromatic nitrogens is 2. The molecule has 1 heterocycles. The van der Waals surface area contributed by atoms with Gasteiger partial charge in [-0.05, 0) is 31.2 Å². The fourth-order valence-electron chi connectivity index (χ4n) is 1.72. The van der Waals surface area contributed by atoms with Crippen molar-refractivity contribution in [3.05, 3.63) is 53.9 Å². The summed E-state index contributed by atoms with van der Waals surface area (Å²) in [5.41, 5.74) is 1.33. The Bertz CT molecular complexity index is 671. The van der Waals surface area contributed by atoms with Crippen LogP contribution in [0.1, 0.15) is 16.2 Å². The Kier molecular flexibility index (Phi) is 4.77. The quantitative estimate of drug-likeness (QED) is 0.931. The molecule has 2 rings (SSSR count). The number of benzene rings is 1. The van der Waals surface area contributed by atoms with E-state index in [0.29, 0.717) is 11.4 Å². The minimum absolute atomic E-state index is 0.147. The van der Waals surface area contributed by atoms with E-state index in [-0.39, 0.29) is 24.0 Å². The van der Waals surface area contributed by atoms with Crippen LogP contribution in [0.25, 0.3) is 0 Å². The number of amides is 2. The van der Waals surface area contributed by atoms with Gasteiger partial charge in [-0.2, -0.15) is 0 Å². The van der Waals surface area contributed by atoms with Gasteiger partial charge in [0.25, 0.3) is 5.91 Å². The lowest BCUT2D eigenvalue weighted by atomic mass is 10.3. The van der Waals surface area contributed by atoms with E-state index in [4.69, 9.17) is 0 Å². The number of aryl methyl sites for hydroxylation is 1. The van der Waals surface area contributed by atoms with Crippen molar-refractivity contribution >= 4 is 17.5 Å². The Morgan fingerprint density at radius 1 is 1.18 bits per heavy atom. The molecule has 7 heteroatoms. The summed E-state index contributed by atoms with van der Waals surface area (Å²) in [6.07, 6.45) is 2.85. The Morgan fingerprint density at radius 3 is 2.45 bits per heavy atom. The van der Waals surface area contributed by atoms with Crippen LogP contribution in [-0.4, -0.2) is 40.3 Å². The second-order valence-corrected chi connectivity index (χ2v) is 4.76. The van der Waals surface area contributed by atoms with Gasteiger partial charge < -0.3 is 10.2 Å². The van der Waals surface area contributed by atoms with Crippen LogP contribution in [0.5, 0.6) is 0 Å². The maximum absolute atomic E-state index is 12.8. The van der Waals surface area contributed by atoms with Crippen molar-refractivity contribution < 1.29 is 14.0 Å². The molecule has 0 aliphatic rings. The molecular weight excluding hydrogens is 287 g/mol. The maximum atomic E-state index is 12.8. The summed E-state index contributed by atoms with van der Waals surface area (Å²) >= 11 is 0. The van der Waals surface area contributed by atoms with Crippen LogP contribution in [0.4, 0.5) is 10.1 Å². The van der Waals surface area contributed by atoms with Gasteiger partial charge in [-0.15, -0.1) is 0 Å². The SMILES string of the molecule is Cc1cnc(C(=O)N(C)CC(=O)Nc2ccc(F)cc2)cn1. The third-order valence-corrected chi connectivity index (χ3v) is 2.86. The minimum Gasteiger partial charge on any atom is -0.331 e. The van der Waals surface area contributed by atoms with Gasteiger partial charge in [-0.25, -0.2) is 9.37 Å². The van der Waals surface area contributed by atoms with E-state index >= 15 is 0 Å². The van der Waals surface area contributed by atoms with Crippen LogP contribution >= 0.6 is 0 Å². The molecule has 114 valence electrons. The van der Waals surface area contributed by atoms with E-state index < -0.39 is 5.91 Å². The Morgan fingerprint density at radius 2 is 1.86 bits per heavy atom. The summed E-state index contributed by atoms with van der Waals surface area (Å²) in [5.74, 6) is -1.17. The summed E-state index contributed by atoms with van der Waals surface area (Å²) in [5, 5.41) is 2.58. The third kappa shape index (κ3) is 4.08. The van der Waals surface area contributed by atoms with Gasteiger partial charge in [0, 0.05) is 18.9 Å². The molecule has 0 radical (unpaired) electrons. The topological polar surface area (TPSA) is 75.2 Å². The molecule has 0 aliphatic carbocycles. The number of carbonyl (C=O) groups excluding carboxylic acids is 2. The van der Waals surface area contributed by atoms with Crippen LogP contribution in [-0.2, 0) is 4.79 Å². The summed E-state index contributed by atoms with van der Waals surface area (Å²) in [4.78, 5) is 33.1. The molecule has 2 aromatic rings. The normalized spacial score (nSPS) is 10.1. The molecule has 1 aromatic carbocycles. The van der Waals surface area contributed by atoms with Gasteiger partial charge in [0.2, 0.25) is 5.91 Å². The van der Waals surface area contributed by atoms with Crippen LogP contribution in [0, 0.1) is 12.7 Å². The summed E-state index contributed by atoms with van der Waals surface area (Å²) < 4.78 is 12.8. The van der Waals surface area contributed by atoms with Crippen LogP contribution < -0.4 is 5.32 Å². The number of rotatable bonds is 4. The molecule has 0 unspecified atom stereocenters. The average Bonchev–Trinajstić information content (AvgIpc) is 2.49. The fourth-order valence-corrected chi connectivity index (χ4v) is 1.72. The monoisotopic (exact) mass is 302 g/mol. The van der Waals surface area contributed by atoms with E-state index in [1.54, 1.807) is 6.92 Å². The summed E-state index contributed by atoms with van der Waals surface area (Å²) in [6, 6.07) is 5.37. The standard InChI is InChI=1S/C15H15FN4O2/c1-10-7-18-13(8-17-10)15(22)20(2)9-14(21)19-12-5-3-11(16)4-6-12/h3-8H,9H2,1-2H3,(H,19,21). The molecule has 0 fully saturated rings. The maximum Gasteiger partial charge on any atom is 0.274 e. The average molecular weight is 302 g/mol. The van der Waals surface area contributed by atoms with Crippen molar-refractivity contribution in [2.24, 2.45) is 0 Å². The van der Waals surface area contributed by atoms with Crippen LogP contribution in [0.2, 0.25) is 0 Å². The molecule has 0 saturated heterocycles. The van der Waals surface area contributed by atoms with E-state index in [0.717, 1.165) is 0 Å². The Balaban J connectivity index is 1.94. The van der Waals surface area contributed by atoms with Crippen molar-refractivity contribution in [2.75, 3.05) is 18.9 Å². The largest absolute Gasteiger partial charge is 0.331 e. The second-order valence-electron chi connectivity index (χ2n) is 4.76. The van der Waals surface area contributed by atoms with Gasteiger partial charge in [0.15, 0.2) is 0 Å². The van der Waals surface area contributed by atoms with E-state index in [9.17, 15) is 14.0 Å². The first-order valence-electron chi connectivity index (χ1n) is 6.55. The first-order valence-corrected chi connectivity index (χ1v) is 6.55. The number of hydrogen-bond acceptors (Lipinski definition) is 4. The molecular formula is C15H15FN4O2. The number of carbonyl (C=O) groups is 2. The molecule has 1 N–H and O–H groups in total. The van der Waals surface area contributed by atoms with Crippen molar-refractivity contribution in [1.82, 2.24) is 14.9 Å². The predicted molar refractivity (Wildman–Crippen MR) is 78.8 cm³/mol. The number of anilines is 1. The van der Waals surface area contributed by atoms with Gasteiger partial charge in [0.05, 0.1) is 18.4 Å². The van der Waals surface area contributed by atoms with E-state index in [2.05, 4.69) is 15.3 Å². The smallest absolute Gasteiger partial charge is 0.274 e. The summed E-state index contributed by atoms with van der Waals surface area (Å²) in [6.45, 7) is 1.62. The van der Waals surface area contributed by atoms with Crippen molar-refractivity contribution in [3.63, 3.8) is 0 Å². The Hall–Kier alpha value is -2.83. The van der Waals surface area contributed by atoms with Crippen LogP contribution in [0.15, 0.2) is 36.7 Å². The molecule has 0 atom stereocenters. The number of nitrogens with one attached hydrogen (secondary N) is 1. The molecule has 0 bridgehead atoms. The molecule has 0 spiro atoms.